The van der Waals surface area contributed by atoms with Crippen LogP contribution in [0, 0.1) is 5.92 Å². The maximum Gasteiger partial charge on any atom is 0.261 e. The van der Waals surface area contributed by atoms with Crippen LogP contribution in [0.3, 0.4) is 0 Å². The van der Waals surface area contributed by atoms with Gasteiger partial charge in [0.1, 0.15) is 12.4 Å². The molecule has 0 aliphatic rings. The van der Waals surface area contributed by atoms with Crippen LogP contribution in [0.15, 0.2) is 59.4 Å². The van der Waals surface area contributed by atoms with Crippen LogP contribution in [0.25, 0.3) is 10.9 Å². The van der Waals surface area contributed by atoms with Gasteiger partial charge in [-0.2, -0.15) is 0 Å². The second kappa shape index (κ2) is 11.8. The number of carbonyl (C=O) groups is 1. The van der Waals surface area contributed by atoms with Gasteiger partial charge in [-0.25, -0.2) is 4.98 Å². The maximum absolute atomic E-state index is 13.4. The largest absolute Gasteiger partial charge is 0.367 e. The summed E-state index contributed by atoms with van der Waals surface area (Å²) in [6.07, 6.45) is 1.53. The molecule has 0 spiro atoms. The van der Waals surface area contributed by atoms with Crippen LogP contribution in [-0.4, -0.2) is 33.5 Å². The number of amides is 1. The summed E-state index contributed by atoms with van der Waals surface area (Å²) in [5.41, 5.74) is 1.63. The molecule has 0 saturated carbocycles. The van der Waals surface area contributed by atoms with Crippen LogP contribution in [0.4, 0.5) is 0 Å². The number of fused-ring (bicyclic) bond motifs is 1. The molecule has 0 fully saturated rings. The standard InChI is InChI=1S/C27H35N3O3/c1-5-24(26-28-23-15-11-10-14-22(23)27(32)29(26)6-2)30(17-16-20(3)4)25(31)19-33-18-21-12-8-7-9-13-21/h7-15,20,24H,5-6,16-19H2,1-4H3. The SMILES string of the molecule is CCC(c1nc2ccccc2c(=O)n1CC)N(CCC(C)C)C(=O)COCc1ccccc1. The Balaban J connectivity index is 1.91. The van der Waals surface area contributed by atoms with Gasteiger partial charge in [-0.3, -0.25) is 14.2 Å². The summed E-state index contributed by atoms with van der Waals surface area (Å²) in [4.78, 5) is 33.3. The lowest BCUT2D eigenvalue weighted by Crippen LogP contribution is -2.41. The Morgan fingerprint density at radius 1 is 1.06 bits per heavy atom. The van der Waals surface area contributed by atoms with Crippen molar-refractivity contribution in [2.24, 2.45) is 5.92 Å². The van der Waals surface area contributed by atoms with Crippen LogP contribution in [0.1, 0.15) is 58.0 Å². The molecule has 0 saturated heterocycles. The first kappa shape index (κ1) is 24.6. The van der Waals surface area contributed by atoms with E-state index in [9.17, 15) is 9.59 Å². The Labute approximate surface area is 196 Å². The zero-order chi connectivity index (χ0) is 23.8. The molecular weight excluding hydrogens is 414 g/mol. The molecule has 6 nitrogen and oxygen atoms in total. The highest BCUT2D eigenvalue weighted by Gasteiger charge is 2.28. The number of nitrogens with zero attached hydrogens (tertiary/aromatic N) is 3. The van der Waals surface area contributed by atoms with E-state index < -0.39 is 0 Å². The summed E-state index contributed by atoms with van der Waals surface area (Å²) in [7, 11) is 0. The molecular formula is C27H35N3O3. The first-order chi connectivity index (χ1) is 16.0. The van der Waals surface area contributed by atoms with Crippen LogP contribution in [0.2, 0.25) is 0 Å². The molecule has 2 aromatic carbocycles. The second-order valence-electron chi connectivity index (χ2n) is 8.71. The minimum Gasteiger partial charge on any atom is -0.367 e. The van der Waals surface area contributed by atoms with Gasteiger partial charge >= 0.3 is 0 Å². The Hall–Kier alpha value is -2.99. The number of hydrogen-bond donors (Lipinski definition) is 0. The number of para-hydroxylation sites is 1. The van der Waals surface area contributed by atoms with E-state index >= 15 is 0 Å². The van der Waals surface area contributed by atoms with E-state index in [0.717, 1.165) is 12.0 Å². The van der Waals surface area contributed by atoms with E-state index in [1.54, 1.807) is 10.6 Å². The van der Waals surface area contributed by atoms with E-state index in [1.165, 1.54) is 0 Å². The summed E-state index contributed by atoms with van der Waals surface area (Å²) < 4.78 is 7.48. The Kier molecular flexibility index (Phi) is 8.78. The topological polar surface area (TPSA) is 64.4 Å². The third-order valence-corrected chi connectivity index (χ3v) is 5.87. The van der Waals surface area contributed by atoms with Gasteiger partial charge in [-0.05, 0) is 43.4 Å². The number of ether oxygens (including phenoxy) is 1. The summed E-state index contributed by atoms with van der Waals surface area (Å²) >= 11 is 0. The molecule has 0 aliphatic carbocycles. The average molecular weight is 450 g/mol. The minimum atomic E-state index is -0.297. The molecule has 176 valence electrons. The Morgan fingerprint density at radius 2 is 1.76 bits per heavy atom. The fourth-order valence-electron chi connectivity index (χ4n) is 4.05. The highest BCUT2D eigenvalue weighted by atomic mass is 16.5. The molecule has 1 atom stereocenters. The summed E-state index contributed by atoms with van der Waals surface area (Å²) in [6.45, 7) is 9.74. The third kappa shape index (κ3) is 6.08. The van der Waals surface area contributed by atoms with Crippen molar-refractivity contribution in [3.8, 4) is 0 Å². The van der Waals surface area contributed by atoms with Crippen molar-refractivity contribution >= 4 is 16.8 Å². The fraction of sp³-hybridized carbons (Fsp3) is 0.444. The molecule has 1 unspecified atom stereocenters. The van der Waals surface area contributed by atoms with E-state index in [4.69, 9.17) is 9.72 Å². The van der Waals surface area contributed by atoms with Crippen LogP contribution < -0.4 is 5.56 Å². The highest BCUT2D eigenvalue weighted by Crippen LogP contribution is 2.25. The van der Waals surface area contributed by atoms with Crippen molar-refractivity contribution in [3.05, 3.63) is 76.3 Å². The second-order valence-corrected chi connectivity index (χ2v) is 8.71. The highest BCUT2D eigenvalue weighted by molar-refractivity contribution is 5.79. The average Bonchev–Trinajstić information content (AvgIpc) is 2.82. The number of rotatable bonds is 11. The van der Waals surface area contributed by atoms with Crippen molar-refractivity contribution in [1.82, 2.24) is 14.5 Å². The van der Waals surface area contributed by atoms with Crippen LogP contribution in [-0.2, 0) is 22.7 Å². The molecule has 3 aromatic rings. The van der Waals surface area contributed by atoms with Gasteiger partial charge in [0.2, 0.25) is 5.91 Å². The molecule has 1 amide bonds. The molecule has 1 aromatic heterocycles. The molecule has 0 bridgehead atoms. The van der Waals surface area contributed by atoms with Crippen molar-refractivity contribution in [3.63, 3.8) is 0 Å². The Bertz CT molecular complexity index is 1110. The number of aromatic nitrogens is 2. The fourth-order valence-corrected chi connectivity index (χ4v) is 4.05. The molecule has 1 heterocycles. The van der Waals surface area contributed by atoms with Gasteiger partial charge in [-0.15, -0.1) is 0 Å². The minimum absolute atomic E-state index is 0.00652. The van der Waals surface area contributed by atoms with Crippen molar-refractivity contribution in [1.29, 1.82) is 0 Å². The van der Waals surface area contributed by atoms with Crippen molar-refractivity contribution in [2.75, 3.05) is 13.2 Å². The van der Waals surface area contributed by atoms with Gasteiger partial charge in [-0.1, -0.05) is 63.2 Å². The first-order valence-electron chi connectivity index (χ1n) is 11.9. The maximum atomic E-state index is 13.4. The normalized spacial score (nSPS) is 12.3. The number of benzene rings is 2. The summed E-state index contributed by atoms with van der Waals surface area (Å²) in [5.74, 6) is 1.01. The van der Waals surface area contributed by atoms with E-state index in [0.29, 0.717) is 48.8 Å². The van der Waals surface area contributed by atoms with Gasteiger partial charge in [0.05, 0.1) is 23.6 Å². The van der Waals surface area contributed by atoms with Gasteiger partial charge in [0, 0.05) is 13.1 Å². The first-order valence-corrected chi connectivity index (χ1v) is 11.9. The number of carbonyl (C=O) groups excluding carboxylic acids is 1. The third-order valence-electron chi connectivity index (χ3n) is 5.87. The summed E-state index contributed by atoms with van der Waals surface area (Å²) in [6, 6.07) is 16.9. The van der Waals surface area contributed by atoms with E-state index in [1.807, 2.05) is 67.3 Å². The van der Waals surface area contributed by atoms with E-state index in [2.05, 4.69) is 13.8 Å². The van der Waals surface area contributed by atoms with Gasteiger partial charge < -0.3 is 9.64 Å². The molecule has 33 heavy (non-hydrogen) atoms. The molecule has 0 aliphatic heterocycles. The van der Waals surface area contributed by atoms with E-state index in [-0.39, 0.29) is 24.1 Å². The predicted octanol–water partition coefficient (Wildman–Crippen LogP) is 4.96. The van der Waals surface area contributed by atoms with Crippen LogP contribution >= 0.6 is 0 Å². The molecule has 0 radical (unpaired) electrons. The zero-order valence-corrected chi connectivity index (χ0v) is 20.2. The lowest BCUT2D eigenvalue weighted by Gasteiger charge is -2.32. The predicted molar refractivity (Wildman–Crippen MR) is 132 cm³/mol. The monoisotopic (exact) mass is 449 g/mol. The number of hydrogen-bond acceptors (Lipinski definition) is 4. The lowest BCUT2D eigenvalue weighted by molar-refractivity contribution is -0.139. The lowest BCUT2D eigenvalue weighted by atomic mass is 10.1. The van der Waals surface area contributed by atoms with Crippen molar-refractivity contribution < 1.29 is 9.53 Å². The molecule has 3 rings (SSSR count). The van der Waals surface area contributed by atoms with Crippen LogP contribution in [0.5, 0.6) is 0 Å². The van der Waals surface area contributed by atoms with Crippen molar-refractivity contribution in [2.45, 2.75) is 59.7 Å². The smallest absolute Gasteiger partial charge is 0.261 e. The molecule has 6 heteroatoms. The molecule has 0 N–H and O–H groups in total. The quantitative estimate of drug-likeness (QED) is 0.415. The Morgan fingerprint density at radius 3 is 2.42 bits per heavy atom. The summed E-state index contributed by atoms with van der Waals surface area (Å²) in [5, 5.41) is 0.601. The van der Waals surface area contributed by atoms with Gasteiger partial charge in [0.25, 0.3) is 5.56 Å². The zero-order valence-electron chi connectivity index (χ0n) is 20.2. The van der Waals surface area contributed by atoms with Gasteiger partial charge in [0.15, 0.2) is 0 Å².